The van der Waals surface area contributed by atoms with Gasteiger partial charge in [-0.25, -0.2) is 9.59 Å². The van der Waals surface area contributed by atoms with Crippen molar-refractivity contribution in [1.29, 1.82) is 0 Å². The molecule has 0 radical (unpaired) electrons. The molecule has 4 fully saturated rings. The lowest BCUT2D eigenvalue weighted by molar-refractivity contribution is -0.391. The highest BCUT2D eigenvalue weighted by molar-refractivity contribution is 5.88. The van der Waals surface area contributed by atoms with E-state index in [0.29, 0.717) is 11.1 Å². The van der Waals surface area contributed by atoms with Crippen molar-refractivity contribution in [2.75, 3.05) is 19.8 Å². The Labute approximate surface area is 285 Å². The van der Waals surface area contributed by atoms with E-state index in [4.69, 9.17) is 37.9 Å². The fraction of sp³-hybridized carbons (Fsp3) is 0.471. The summed E-state index contributed by atoms with van der Waals surface area (Å²) in [4.78, 5) is 50.5. The van der Waals surface area contributed by atoms with Gasteiger partial charge in [0, 0.05) is 32.4 Å². The molecule has 10 atom stereocenters. The van der Waals surface area contributed by atoms with Crippen LogP contribution in [0.1, 0.15) is 37.3 Å². The second kappa shape index (κ2) is 14.0. The van der Waals surface area contributed by atoms with Crippen LogP contribution in [0.5, 0.6) is 11.5 Å². The van der Waals surface area contributed by atoms with Crippen LogP contribution in [0.25, 0.3) is 6.08 Å². The fourth-order valence-corrected chi connectivity index (χ4v) is 6.80. The molecule has 4 heterocycles. The van der Waals surface area contributed by atoms with E-state index >= 15 is 0 Å². The van der Waals surface area contributed by atoms with Gasteiger partial charge < -0.3 is 58.3 Å². The molecule has 0 unspecified atom stereocenters. The van der Waals surface area contributed by atoms with Gasteiger partial charge in [0.2, 0.25) is 5.60 Å². The minimum Gasteiger partial charge on any atom is -0.508 e. The number of hydrogen-bond acceptors (Lipinski definition) is 16. The summed E-state index contributed by atoms with van der Waals surface area (Å²) in [6, 6.07) is 12.0. The molecule has 0 amide bonds. The molecule has 1 spiro atoms. The van der Waals surface area contributed by atoms with Crippen molar-refractivity contribution in [3.05, 3.63) is 65.7 Å². The van der Waals surface area contributed by atoms with Crippen LogP contribution in [0.2, 0.25) is 0 Å². The number of phenolic OH excluding ortho intramolecular Hbond substituents is 2. The molecule has 2 aromatic carbocycles. The molecule has 4 N–H and O–H groups in total. The molecule has 268 valence electrons. The normalized spacial score (nSPS) is 34.8. The van der Waals surface area contributed by atoms with Crippen molar-refractivity contribution in [2.45, 2.75) is 80.5 Å². The molecule has 4 saturated heterocycles. The first-order valence-corrected chi connectivity index (χ1v) is 15.8. The van der Waals surface area contributed by atoms with Crippen LogP contribution in [0.3, 0.4) is 0 Å². The van der Waals surface area contributed by atoms with E-state index in [1.54, 1.807) is 24.3 Å². The smallest absolute Gasteiger partial charge is 0.345 e. The number of rotatable bonds is 9. The molecule has 4 aliphatic rings. The summed E-state index contributed by atoms with van der Waals surface area (Å²) in [5.41, 5.74) is -0.960. The third kappa shape index (κ3) is 6.41. The first-order chi connectivity index (χ1) is 23.8. The maximum absolute atomic E-state index is 14.0. The summed E-state index contributed by atoms with van der Waals surface area (Å²) in [5, 5.41) is 41.8. The van der Waals surface area contributed by atoms with E-state index in [0.717, 1.165) is 19.9 Å². The van der Waals surface area contributed by atoms with E-state index < -0.39 is 90.7 Å². The van der Waals surface area contributed by atoms with Crippen LogP contribution >= 0.6 is 0 Å². The molecule has 0 aliphatic carbocycles. The molecular weight excluding hydrogens is 664 g/mol. The van der Waals surface area contributed by atoms with Crippen molar-refractivity contribution in [3.8, 4) is 11.5 Å². The maximum atomic E-state index is 14.0. The summed E-state index contributed by atoms with van der Waals surface area (Å²) in [5.74, 6) is -6.38. The Bertz CT molecular complexity index is 1620. The predicted octanol–water partition coefficient (Wildman–Crippen LogP) is 0.576. The Balaban J connectivity index is 1.35. The molecule has 16 nitrogen and oxygen atoms in total. The van der Waals surface area contributed by atoms with Crippen LogP contribution in [0.4, 0.5) is 0 Å². The fourth-order valence-electron chi connectivity index (χ4n) is 6.80. The van der Waals surface area contributed by atoms with Gasteiger partial charge >= 0.3 is 23.9 Å². The van der Waals surface area contributed by atoms with Gasteiger partial charge in [0.05, 0.1) is 6.61 Å². The molecule has 2 aromatic rings. The van der Waals surface area contributed by atoms with Crippen LogP contribution in [-0.2, 0) is 57.1 Å². The third-order valence-electron chi connectivity index (χ3n) is 9.01. The number of aliphatic hydroxyl groups is 2. The molecule has 0 aromatic heterocycles. The number of hydrogen-bond donors (Lipinski definition) is 4. The standard InChI is InChI=1S/C34H36O16/c1-17(35)43-15-24-29(46-18(2)36)27(40)28(41)31(48-24)50-34-30(25(16-45-34)47-26(39)12-5-19-3-8-21(37)9-4-19)49-32(42)33(34)23(13-14-44-33)20-6-10-22(38)11-7-20/h3-12,23-25,27-31,37-38,40-41H,13-16H2,1-2H3/b12-5+/t23-,24-,25+,27+,28-,29-,30-,31+,33-,34-/m1/s1. The lowest BCUT2D eigenvalue weighted by Crippen LogP contribution is -2.67. The van der Waals surface area contributed by atoms with E-state index in [9.17, 15) is 39.6 Å². The lowest BCUT2D eigenvalue weighted by Gasteiger charge is -2.46. The summed E-state index contributed by atoms with van der Waals surface area (Å²) in [7, 11) is 0. The van der Waals surface area contributed by atoms with E-state index in [1.807, 2.05) is 0 Å². The number of carbonyl (C=O) groups is 4. The first kappa shape index (κ1) is 35.3. The second-order valence-corrected chi connectivity index (χ2v) is 12.2. The van der Waals surface area contributed by atoms with Gasteiger partial charge in [-0.3, -0.25) is 9.59 Å². The summed E-state index contributed by atoms with van der Waals surface area (Å²) < 4.78 is 46.5. The number of esters is 4. The molecule has 0 bridgehead atoms. The molecule has 50 heavy (non-hydrogen) atoms. The Hall–Kier alpha value is -4.58. The van der Waals surface area contributed by atoms with Crippen molar-refractivity contribution in [1.82, 2.24) is 0 Å². The van der Waals surface area contributed by atoms with E-state index in [1.165, 1.54) is 30.3 Å². The lowest BCUT2D eigenvalue weighted by atomic mass is 9.76. The van der Waals surface area contributed by atoms with Crippen molar-refractivity contribution in [2.24, 2.45) is 0 Å². The monoisotopic (exact) mass is 700 g/mol. The Morgan fingerprint density at radius 3 is 2.26 bits per heavy atom. The van der Waals surface area contributed by atoms with Crippen molar-refractivity contribution >= 4 is 30.0 Å². The summed E-state index contributed by atoms with van der Waals surface area (Å²) >= 11 is 0. The molecule has 16 heteroatoms. The predicted molar refractivity (Wildman–Crippen MR) is 164 cm³/mol. The van der Waals surface area contributed by atoms with Gasteiger partial charge in [-0.05, 0) is 47.9 Å². The highest BCUT2D eigenvalue weighted by atomic mass is 16.8. The van der Waals surface area contributed by atoms with Gasteiger partial charge in [-0.1, -0.05) is 24.3 Å². The van der Waals surface area contributed by atoms with Crippen molar-refractivity contribution < 1.29 is 77.5 Å². The second-order valence-electron chi connectivity index (χ2n) is 12.2. The Morgan fingerprint density at radius 1 is 0.920 bits per heavy atom. The average molecular weight is 701 g/mol. The number of aromatic hydroxyl groups is 2. The summed E-state index contributed by atoms with van der Waals surface area (Å²) in [6.45, 7) is 1.33. The number of benzene rings is 2. The highest BCUT2D eigenvalue weighted by Crippen LogP contribution is 2.58. The van der Waals surface area contributed by atoms with Crippen LogP contribution in [0.15, 0.2) is 54.6 Å². The molecular formula is C34H36O16. The molecule has 4 aliphatic heterocycles. The zero-order valence-corrected chi connectivity index (χ0v) is 26.9. The number of ether oxygens (including phenoxy) is 8. The Kier molecular flexibility index (Phi) is 9.85. The van der Waals surface area contributed by atoms with E-state index in [2.05, 4.69) is 0 Å². The first-order valence-electron chi connectivity index (χ1n) is 15.8. The number of phenols is 2. The minimum absolute atomic E-state index is 0.0158. The summed E-state index contributed by atoms with van der Waals surface area (Å²) in [6.07, 6.45) is -8.38. The zero-order valence-electron chi connectivity index (χ0n) is 26.9. The molecule has 0 saturated carbocycles. The van der Waals surface area contributed by atoms with E-state index in [-0.39, 0.29) is 31.1 Å². The van der Waals surface area contributed by atoms with Gasteiger partial charge in [0.15, 0.2) is 24.6 Å². The highest BCUT2D eigenvalue weighted by Gasteiger charge is 2.81. The van der Waals surface area contributed by atoms with Gasteiger partial charge in [0.25, 0.3) is 5.79 Å². The number of fused-ring (bicyclic) bond motifs is 2. The van der Waals surface area contributed by atoms with Gasteiger partial charge in [-0.15, -0.1) is 0 Å². The quantitative estimate of drug-likeness (QED) is 0.159. The third-order valence-corrected chi connectivity index (χ3v) is 9.01. The molecule has 6 rings (SSSR count). The topological polar surface area (TPSA) is 223 Å². The zero-order chi connectivity index (χ0) is 35.8. The van der Waals surface area contributed by atoms with Crippen molar-refractivity contribution in [3.63, 3.8) is 0 Å². The average Bonchev–Trinajstić information content (AvgIpc) is 3.73. The van der Waals surface area contributed by atoms with Gasteiger partial charge in [0.1, 0.15) is 36.4 Å². The number of aliphatic hydroxyl groups excluding tert-OH is 2. The maximum Gasteiger partial charge on any atom is 0.345 e. The Morgan fingerprint density at radius 2 is 1.60 bits per heavy atom. The van der Waals surface area contributed by atoms with Gasteiger partial charge in [-0.2, -0.15) is 0 Å². The SMILES string of the molecule is CC(=O)OC[C@H]1O[C@@H](O[C@]23OC[C@H](OC(=O)/C=C/c4ccc(O)cc4)[C@H]2OC(=O)[C@@]32OCC[C@@H]2c2ccc(O)cc2)[C@H](O)[C@H](O)[C@@H]1OC(C)=O. The van der Waals surface area contributed by atoms with Crippen LogP contribution in [-0.4, -0.2) is 118 Å². The largest absolute Gasteiger partial charge is 0.508 e. The van der Waals surface area contributed by atoms with Crippen LogP contribution < -0.4 is 0 Å². The van der Waals surface area contributed by atoms with Crippen LogP contribution in [0, 0.1) is 0 Å². The number of carbonyl (C=O) groups excluding carboxylic acids is 4. The minimum atomic E-state index is -2.28.